The highest BCUT2D eigenvalue weighted by atomic mass is 16.7. The van der Waals surface area contributed by atoms with E-state index >= 15 is 0 Å². The van der Waals surface area contributed by atoms with E-state index in [-0.39, 0.29) is 18.3 Å². The predicted molar refractivity (Wildman–Crippen MR) is 79.5 cm³/mol. The Morgan fingerprint density at radius 2 is 2.27 bits per heavy atom. The number of fused-ring (bicyclic) bond motifs is 2. The third kappa shape index (κ3) is 1.37. The molecule has 1 aliphatic carbocycles. The first-order valence-electron chi connectivity index (χ1n) is 8.18. The van der Waals surface area contributed by atoms with E-state index in [1.54, 1.807) is 7.11 Å². The molecule has 3 heterocycles. The van der Waals surface area contributed by atoms with Crippen LogP contribution in [-0.2, 0) is 12.0 Å². The molecule has 0 amide bonds. The highest BCUT2D eigenvalue weighted by Crippen LogP contribution is 2.58. The highest BCUT2D eigenvalue weighted by Gasteiger charge is 2.59. The predicted octanol–water partition coefficient (Wildman–Crippen LogP) is 1.79. The van der Waals surface area contributed by atoms with Gasteiger partial charge in [0.2, 0.25) is 12.5 Å². The Balaban J connectivity index is 1.78. The number of rotatable bonds is 1. The maximum atomic E-state index is 10.9. The van der Waals surface area contributed by atoms with Gasteiger partial charge in [-0.25, -0.2) is 0 Å². The molecule has 5 rings (SSSR count). The van der Waals surface area contributed by atoms with Crippen LogP contribution in [0.4, 0.5) is 0 Å². The fourth-order valence-corrected chi connectivity index (χ4v) is 5.30. The van der Waals surface area contributed by atoms with Gasteiger partial charge in [0.15, 0.2) is 11.5 Å². The van der Waals surface area contributed by atoms with Gasteiger partial charge in [-0.2, -0.15) is 0 Å². The number of benzene rings is 1. The molecule has 0 radical (unpaired) electrons. The first-order chi connectivity index (χ1) is 10.8. The Bertz CT molecular complexity index is 646. The molecule has 4 atom stereocenters. The molecule has 1 saturated heterocycles. The van der Waals surface area contributed by atoms with E-state index in [2.05, 4.69) is 11.0 Å². The van der Waals surface area contributed by atoms with Crippen LogP contribution >= 0.6 is 0 Å². The molecule has 2 unspecified atom stereocenters. The first-order valence-corrected chi connectivity index (χ1v) is 8.18. The largest absolute Gasteiger partial charge is 0.492 e. The fourth-order valence-electron chi connectivity index (χ4n) is 5.30. The molecule has 1 aromatic carbocycles. The van der Waals surface area contributed by atoms with Crippen molar-refractivity contribution in [3.8, 4) is 17.2 Å². The smallest absolute Gasteiger partial charge is 0.231 e. The molecular weight excluding hydrogens is 282 g/mol. The quantitative estimate of drug-likeness (QED) is 0.857. The molecule has 1 aromatic rings. The third-order valence-corrected chi connectivity index (χ3v) is 6.14. The van der Waals surface area contributed by atoms with Gasteiger partial charge in [0.1, 0.15) is 0 Å². The van der Waals surface area contributed by atoms with Crippen LogP contribution in [0.2, 0.25) is 0 Å². The van der Waals surface area contributed by atoms with Crippen LogP contribution < -0.4 is 14.2 Å². The van der Waals surface area contributed by atoms with Crippen LogP contribution in [0, 0.1) is 0 Å². The molecule has 0 spiro atoms. The van der Waals surface area contributed by atoms with Crippen molar-refractivity contribution in [3.05, 3.63) is 17.2 Å². The number of aliphatic hydroxyl groups is 1. The van der Waals surface area contributed by atoms with Crippen molar-refractivity contribution in [3.63, 3.8) is 0 Å². The Morgan fingerprint density at radius 3 is 3.14 bits per heavy atom. The van der Waals surface area contributed by atoms with Crippen LogP contribution in [0.25, 0.3) is 0 Å². The van der Waals surface area contributed by atoms with Gasteiger partial charge in [-0.3, -0.25) is 4.90 Å². The number of hydrogen-bond acceptors (Lipinski definition) is 5. The molecule has 118 valence electrons. The van der Waals surface area contributed by atoms with Gasteiger partial charge in [-0.15, -0.1) is 0 Å². The zero-order valence-corrected chi connectivity index (χ0v) is 12.8. The van der Waals surface area contributed by atoms with Gasteiger partial charge in [-0.1, -0.05) is 12.8 Å². The molecular formula is C17H21NO4. The topological polar surface area (TPSA) is 51.2 Å². The lowest BCUT2D eigenvalue weighted by Gasteiger charge is -2.48. The zero-order valence-electron chi connectivity index (χ0n) is 12.8. The summed E-state index contributed by atoms with van der Waals surface area (Å²) >= 11 is 0. The Labute approximate surface area is 129 Å². The second-order valence-corrected chi connectivity index (χ2v) is 6.92. The maximum absolute atomic E-state index is 10.9. The lowest BCUT2D eigenvalue weighted by molar-refractivity contribution is 0.0744. The number of ether oxygens (including phenoxy) is 3. The molecule has 2 fully saturated rings. The van der Waals surface area contributed by atoms with E-state index < -0.39 is 0 Å². The van der Waals surface area contributed by atoms with Crippen LogP contribution in [0.5, 0.6) is 17.2 Å². The van der Waals surface area contributed by atoms with Gasteiger partial charge < -0.3 is 19.3 Å². The SMILES string of the molecule is COc1c2c(cc3c1OCO3)[C@]13CCCC[C@H]1N(C2)CC3O. The zero-order chi connectivity index (χ0) is 14.9. The van der Waals surface area contributed by atoms with Gasteiger partial charge in [0.25, 0.3) is 0 Å². The van der Waals surface area contributed by atoms with Crippen LogP contribution in [0.1, 0.15) is 36.8 Å². The summed E-state index contributed by atoms with van der Waals surface area (Å²) in [4.78, 5) is 2.44. The Morgan fingerprint density at radius 1 is 1.36 bits per heavy atom. The standard InChI is InChI=1S/C17H21NO4/c1-20-15-10-7-18-8-14(19)17(5-3-2-4-13(17)18)11(10)6-12-16(15)22-9-21-12/h6,13-14,19H,2-5,7-9H2,1H3/t13-,14?,17-/m1/s1. The monoisotopic (exact) mass is 303 g/mol. The summed E-state index contributed by atoms with van der Waals surface area (Å²) in [6.45, 7) is 1.84. The van der Waals surface area contributed by atoms with Crippen molar-refractivity contribution in [2.24, 2.45) is 0 Å². The minimum absolute atomic E-state index is 0.153. The summed E-state index contributed by atoms with van der Waals surface area (Å²) in [5, 5.41) is 10.9. The Kier molecular flexibility index (Phi) is 2.54. The molecule has 2 bridgehead atoms. The van der Waals surface area contributed by atoms with E-state index in [4.69, 9.17) is 14.2 Å². The second-order valence-electron chi connectivity index (χ2n) is 6.92. The van der Waals surface area contributed by atoms with Gasteiger partial charge in [0, 0.05) is 30.1 Å². The summed E-state index contributed by atoms with van der Waals surface area (Å²) in [6, 6.07) is 2.57. The average molecular weight is 303 g/mol. The number of nitrogens with zero attached hydrogens (tertiary/aromatic N) is 1. The summed E-state index contributed by atoms with van der Waals surface area (Å²) in [7, 11) is 1.69. The van der Waals surface area contributed by atoms with E-state index in [0.717, 1.165) is 36.8 Å². The van der Waals surface area contributed by atoms with Crippen molar-refractivity contribution >= 4 is 0 Å². The van der Waals surface area contributed by atoms with Crippen LogP contribution in [0.15, 0.2) is 6.07 Å². The lowest BCUT2D eigenvalue weighted by Crippen LogP contribution is -2.51. The van der Waals surface area contributed by atoms with E-state index in [1.165, 1.54) is 30.4 Å². The van der Waals surface area contributed by atoms with Crippen molar-refractivity contribution in [2.75, 3.05) is 20.4 Å². The summed E-state index contributed by atoms with van der Waals surface area (Å²) in [5.74, 6) is 2.29. The number of aliphatic hydroxyl groups excluding tert-OH is 1. The number of hydrogen-bond donors (Lipinski definition) is 1. The lowest BCUT2D eigenvalue weighted by atomic mass is 9.62. The van der Waals surface area contributed by atoms with Crippen molar-refractivity contribution in [2.45, 2.75) is 49.8 Å². The van der Waals surface area contributed by atoms with Crippen molar-refractivity contribution in [1.82, 2.24) is 4.90 Å². The Hall–Kier alpha value is -1.46. The summed E-state index contributed by atoms with van der Waals surface area (Å²) in [6.07, 6.45) is 4.35. The third-order valence-electron chi connectivity index (χ3n) is 6.14. The van der Waals surface area contributed by atoms with Gasteiger partial charge in [0.05, 0.1) is 13.2 Å². The summed E-state index contributed by atoms with van der Waals surface area (Å²) < 4.78 is 16.9. The van der Waals surface area contributed by atoms with Crippen molar-refractivity contribution in [1.29, 1.82) is 0 Å². The highest BCUT2D eigenvalue weighted by molar-refractivity contribution is 5.63. The fraction of sp³-hybridized carbons (Fsp3) is 0.647. The normalized spacial score (nSPS) is 37.6. The molecule has 5 nitrogen and oxygen atoms in total. The van der Waals surface area contributed by atoms with E-state index in [0.29, 0.717) is 6.04 Å². The van der Waals surface area contributed by atoms with E-state index in [1.807, 2.05) is 0 Å². The van der Waals surface area contributed by atoms with Crippen LogP contribution in [-0.4, -0.2) is 42.6 Å². The summed E-state index contributed by atoms with van der Waals surface area (Å²) in [5.41, 5.74) is 2.26. The van der Waals surface area contributed by atoms with E-state index in [9.17, 15) is 5.11 Å². The van der Waals surface area contributed by atoms with Gasteiger partial charge in [-0.05, 0) is 24.5 Å². The van der Waals surface area contributed by atoms with Gasteiger partial charge >= 0.3 is 0 Å². The molecule has 1 N–H and O–H groups in total. The maximum Gasteiger partial charge on any atom is 0.231 e. The second kappa shape index (κ2) is 4.30. The molecule has 4 aliphatic rings. The minimum Gasteiger partial charge on any atom is -0.492 e. The number of methoxy groups -OCH3 is 1. The molecule has 1 saturated carbocycles. The molecule has 22 heavy (non-hydrogen) atoms. The van der Waals surface area contributed by atoms with Crippen LogP contribution in [0.3, 0.4) is 0 Å². The molecule has 5 heteroatoms. The first kappa shape index (κ1) is 13.0. The van der Waals surface area contributed by atoms with Crippen molar-refractivity contribution < 1.29 is 19.3 Å². The average Bonchev–Trinajstić information content (AvgIpc) is 3.08. The minimum atomic E-state index is -0.302. The molecule has 3 aliphatic heterocycles. The molecule has 0 aromatic heterocycles.